The lowest BCUT2D eigenvalue weighted by Gasteiger charge is -2.21. The Hall–Kier alpha value is -2.94. The number of nitrogens with two attached hydrogens (primary N) is 1. The molecule has 164 valence electrons. The SMILES string of the molecule is CCO.COc1cc(Nc2nc3c(s2)CCCC3c2ccccc2)ccc1C(=O)NN. The number of anilines is 2. The average Bonchev–Trinajstić information content (AvgIpc) is 3.22. The molecule has 1 aliphatic rings. The maximum Gasteiger partial charge on any atom is 0.268 e. The van der Waals surface area contributed by atoms with Gasteiger partial charge in [-0.25, -0.2) is 10.8 Å². The molecule has 0 aliphatic heterocycles. The lowest BCUT2D eigenvalue weighted by atomic mass is 9.85. The predicted molar refractivity (Wildman–Crippen MR) is 124 cm³/mol. The zero-order valence-electron chi connectivity index (χ0n) is 17.7. The van der Waals surface area contributed by atoms with Crippen molar-refractivity contribution in [3.8, 4) is 5.75 Å². The number of nitrogen functional groups attached to an aromatic ring is 1. The molecule has 1 aromatic heterocycles. The summed E-state index contributed by atoms with van der Waals surface area (Å²) in [4.78, 5) is 18.1. The quantitative estimate of drug-likeness (QED) is 0.272. The number of hydrogen-bond acceptors (Lipinski definition) is 7. The number of ether oxygens (including phenoxy) is 1. The van der Waals surface area contributed by atoms with Crippen LogP contribution in [0.3, 0.4) is 0 Å². The molecule has 0 bridgehead atoms. The van der Waals surface area contributed by atoms with Crippen molar-refractivity contribution >= 4 is 28.1 Å². The van der Waals surface area contributed by atoms with Crippen molar-refractivity contribution in [3.05, 3.63) is 70.2 Å². The number of fused-ring (bicyclic) bond motifs is 1. The molecule has 0 saturated carbocycles. The number of aryl methyl sites for hydroxylation is 1. The zero-order chi connectivity index (χ0) is 22.2. The topological polar surface area (TPSA) is 110 Å². The number of methoxy groups -OCH3 is 1. The van der Waals surface area contributed by atoms with Crippen LogP contribution in [0, 0.1) is 0 Å². The number of carbonyl (C=O) groups excluding carboxylic acids is 1. The summed E-state index contributed by atoms with van der Waals surface area (Å²) < 4.78 is 5.33. The third-order valence-electron chi connectivity index (χ3n) is 4.98. The molecule has 1 amide bonds. The Morgan fingerprint density at radius 3 is 2.71 bits per heavy atom. The van der Waals surface area contributed by atoms with Gasteiger partial charge in [0.05, 0.1) is 18.4 Å². The first-order chi connectivity index (χ1) is 15.1. The van der Waals surface area contributed by atoms with Crippen molar-refractivity contribution in [1.29, 1.82) is 0 Å². The number of hydrogen-bond donors (Lipinski definition) is 4. The molecule has 0 spiro atoms. The fraction of sp³-hybridized carbons (Fsp3) is 0.304. The van der Waals surface area contributed by atoms with Gasteiger partial charge in [-0.15, -0.1) is 11.3 Å². The molecule has 0 fully saturated rings. The highest BCUT2D eigenvalue weighted by molar-refractivity contribution is 7.15. The highest BCUT2D eigenvalue weighted by Crippen LogP contribution is 2.41. The number of amides is 1. The number of nitrogens with one attached hydrogen (secondary N) is 2. The summed E-state index contributed by atoms with van der Waals surface area (Å²) in [5.74, 6) is 5.64. The first-order valence-electron chi connectivity index (χ1n) is 10.2. The molecular formula is C23H28N4O3S. The Labute approximate surface area is 186 Å². The fourth-order valence-electron chi connectivity index (χ4n) is 3.64. The first-order valence-corrected chi connectivity index (χ1v) is 11.0. The van der Waals surface area contributed by atoms with Gasteiger partial charge in [-0.1, -0.05) is 30.3 Å². The van der Waals surface area contributed by atoms with Gasteiger partial charge in [0.2, 0.25) is 0 Å². The Morgan fingerprint density at radius 2 is 2.03 bits per heavy atom. The Morgan fingerprint density at radius 1 is 1.29 bits per heavy atom. The minimum Gasteiger partial charge on any atom is -0.496 e. The van der Waals surface area contributed by atoms with E-state index in [9.17, 15) is 4.79 Å². The molecule has 31 heavy (non-hydrogen) atoms. The molecule has 0 radical (unpaired) electrons. The smallest absolute Gasteiger partial charge is 0.268 e. The predicted octanol–water partition coefficient (Wildman–Crippen LogP) is 3.97. The number of aromatic nitrogens is 1. The third-order valence-corrected chi connectivity index (χ3v) is 6.03. The summed E-state index contributed by atoms with van der Waals surface area (Å²) in [6, 6.07) is 15.9. The molecule has 1 atom stereocenters. The van der Waals surface area contributed by atoms with Crippen LogP contribution in [-0.2, 0) is 6.42 Å². The van der Waals surface area contributed by atoms with Crippen molar-refractivity contribution in [1.82, 2.24) is 10.4 Å². The van der Waals surface area contributed by atoms with E-state index in [4.69, 9.17) is 20.7 Å². The van der Waals surface area contributed by atoms with Crippen molar-refractivity contribution in [2.75, 3.05) is 19.0 Å². The van der Waals surface area contributed by atoms with Crippen LogP contribution in [0.2, 0.25) is 0 Å². The van der Waals surface area contributed by atoms with Crippen LogP contribution >= 0.6 is 11.3 Å². The van der Waals surface area contributed by atoms with Crippen molar-refractivity contribution in [2.45, 2.75) is 32.1 Å². The minimum atomic E-state index is -0.390. The second-order valence-corrected chi connectivity index (χ2v) is 8.10. The Balaban J connectivity index is 0.000000858. The second kappa shape index (κ2) is 10.9. The Kier molecular flexibility index (Phi) is 8.00. The summed E-state index contributed by atoms with van der Waals surface area (Å²) >= 11 is 1.69. The lowest BCUT2D eigenvalue weighted by Crippen LogP contribution is -2.30. The number of aliphatic hydroxyl groups excluding tert-OH is 1. The summed E-state index contributed by atoms with van der Waals surface area (Å²) in [7, 11) is 1.53. The molecule has 0 saturated heterocycles. The summed E-state index contributed by atoms with van der Waals surface area (Å²) in [5.41, 5.74) is 5.82. The first kappa shape index (κ1) is 22.7. The van der Waals surface area contributed by atoms with E-state index in [1.54, 1.807) is 30.4 Å². The average molecular weight is 441 g/mol. The van der Waals surface area contributed by atoms with Gasteiger partial charge in [0.1, 0.15) is 5.75 Å². The molecule has 4 rings (SSSR count). The number of nitrogens with zero attached hydrogens (tertiary/aromatic N) is 1. The molecule has 3 aromatic rings. The van der Waals surface area contributed by atoms with Gasteiger partial charge >= 0.3 is 0 Å². The molecule has 7 nitrogen and oxygen atoms in total. The third kappa shape index (κ3) is 5.41. The van der Waals surface area contributed by atoms with Gasteiger partial charge in [-0.3, -0.25) is 10.2 Å². The molecule has 1 heterocycles. The van der Waals surface area contributed by atoms with Crippen molar-refractivity contribution in [2.24, 2.45) is 5.84 Å². The maximum atomic E-state index is 11.8. The van der Waals surface area contributed by atoms with Crippen molar-refractivity contribution in [3.63, 3.8) is 0 Å². The zero-order valence-corrected chi connectivity index (χ0v) is 18.5. The van der Waals surface area contributed by atoms with Crippen LogP contribution in [0.15, 0.2) is 48.5 Å². The maximum absolute atomic E-state index is 11.8. The van der Waals surface area contributed by atoms with E-state index < -0.39 is 0 Å². The van der Waals surface area contributed by atoms with E-state index >= 15 is 0 Å². The summed E-state index contributed by atoms with van der Waals surface area (Å²) in [6.07, 6.45) is 3.36. The highest BCUT2D eigenvalue weighted by Gasteiger charge is 2.26. The highest BCUT2D eigenvalue weighted by atomic mass is 32.1. The Bertz CT molecular complexity index is 1010. The second-order valence-electron chi connectivity index (χ2n) is 7.01. The molecule has 5 N–H and O–H groups in total. The van der Waals surface area contributed by atoms with Gasteiger partial charge in [0, 0.05) is 29.2 Å². The van der Waals surface area contributed by atoms with Crippen LogP contribution in [0.1, 0.15) is 52.2 Å². The normalized spacial score (nSPS) is 14.6. The fourth-order valence-corrected chi connectivity index (χ4v) is 4.72. The molecule has 1 unspecified atom stereocenters. The standard InChI is InChI=1S/C21H22N4O2S.C2H6O/c1-27-17-12-14(10-11-16(17)20(26)25-22)23-21-24-19-15(8-5-9-18(19)28-21)13-6-3-2-4-7-13;1-2-3/h2-4,6-7,10-12,15H,5,8-9,22H2,1H3,(H,23,24)(H,25,26);3H,2H2,1H3. The summed E-state index contributed by atoms with van der Waals surface area (Å²) in [5, 5.41) is 11.8. The number of hydrazine groups is 1. The van der Waals surface area contributed by atoms with Gasteiger partial charge in [-0.2, -0.15) is 0 Å². The van der Waals surface area contributed by atoms with E-state index in [2.05, 4.69) is 35.0 Å². The van der Waals surface area contributed by atoms with E-state index in [0.29, 0.717) is 17.2 Å². The minimum absolute atomic E-state index is 0.250. The number of thiazole rings is 1. The number of carbonyl (C=O) groups is 1. The van der Waals surface area contributed by atoms with Crippen LogP contribution in [0.5, 0.6) is 5.75 Å². The monoisotopic (exact) mass is 440 g/mol. The summed E-state index contributed by atoms with van der Waals surface area (Å²) in [6.45, 7) is 1.93. The van der Waals surface area contributed by atoms with E-state index in [1.165, 1.54) is 29.7 Å². The van der Waals surface area contributed by atoms with Gasteiger partial charge < -0.3 is 15.2 Å². The van der Waals surface area contributed by atoms with Gasteiger partial charge in [-0.05, 0) is 43.9 Å². The van der Waals surface area contributed by atoms with Crippen LogP contribution in [0.4, 0.5) is 10.8 Å². The van der Waals surface area contributed by atoms with Crippen LogP contribution < -0.4 is 21.3 Å². The van der Waals surface area contributed by atoms with E-state index in [0.717, 1.165) is 23.7 Å². The largest absolute Gasteiger partial charge is 0.496 e. The number of aliphatic hydroxyl groups is 1. The van der Waals surface area contributed by atoms with E-state index in [-0.39, 0.29) is 12.5 Å². The number of rotatable bonds is 5. The van der Waals surface area contributed by atoms with E-state index in [1.807, 2.05) is 12.1 Å². The number of benzene rings is 2. The lowest BCUT2D eigenvalue weighted by molar-refractivity contribution is 0.0950. The molecule has 1 aliphatic carbocycles. The molecule has 2 aromatic carbocycles. The van der Waals surface area contributed by atoms with Crippen LogP contribution in [0.25, 0.3) is 0 Å². The van der Waals surface area contributed by atoms with Gasteiger partial charge in [0.25, 0.3) is 5.91 Å². The molecular weight excluding hydrogens is 412 g/mol. The molecule has 8 heteroatoms. The van der Waals surface area contributed by atoms with Crippen molar-refractivity contribution < 1.29 is 14.6 Å². The van der Waals surface area contributed by atoms with Gasteiger partial charge in [0.15, 0.2) is 5.13 Å². The van der Waals surface area contributed by atoms with Crippen LogP contribution in [-0.4, -0.2) is 29.7 Å².